The lowest BCUT2D eigenvalue weighted by molar-refractivity contribution is -0.145. The van der Waals surface area contributed by atoms with Crippen LogP contribution in [0.15, 0.2) is 24.3 Å². The van der Waals surface area contributed by atoms with E-state index >= 15 is 0 Å². The number of benzene rings is 1. The molecule has 13 nitrogen and oxygen atoms in total. The molecule has 1 heterocycles. The first kappa shape index (κ1) is 32.9. The van der Waals surface area contributed by atoms with Crippen LogP contribution in [0.25, 0.3) is 0 Å². The smallest absolute Gasteiger partial charge is 0.319 e. The number of rotatable bonds is 12. The van der Waals surface area contributed by atoms with Gasteiger partial charge in [-0.05, 0) is 31.0 Å². The van der Waals surface area contributed by atoms with Crippen molar-refractivity contribution >= 4 is 23.9 Å². The monoisotopic (exact) mass is 566 g/mol. The van der Waals surface area contributed by atoms with Gasteiger partial charge in [0.05, 0.1) is 47.0 Å². The highest BCUT2D eigenvalue weighted by atomic mass is 16.5. The topological polar surface area (TPSA) is 149 Å². The van der Waals surface area contributed by atoms with Gasteiger partial charge in [0.1, 0.15) is 5.75 Å². The first-order valence-electron chi connectivity index (χ1n) is 13.3. The molecule has 1 saturated heterocycles. The molecule has 0 aliphatic carbocycles. The first-order valence-corrected chi connectivity index (χ1v) is 13.3. The Morgan fingerprint density at radius 3 is 1.75 bits per heavy atom. The number of methoxy groups -OCH3 is 2. The molecule has 0 unspecified atom stereocenters. The lowest BCUT2D eigenvalue weighted by Gasteiger charge is -2.38. The molecule has 0 aromatic heterocycles. The largest absolute Gasteiger partial charge is 0.494 e. The molecule has 224 valence electrons. The maximum Gasteiger partial charge on any atom is 0.319 e. The van der Waals surface area contributed by atoms with E-state index in [1.807, 2.05) is 41.0 Å². The molecule has 1 aliphatic heterocycles. The van der Waals surface area contributed by atoms with Crippen molar-refractivity contribution in [2.75, 3.05) is 92.8 Å². The summed E-state index contributed by atoms with van der Waals surface area (Å²) in [5.74, 6) is -2.10. The summed E-state index contributed by atoms with van der Waals surface area (Å²) in [7, 11) is 2.63. The number of esters is 2. The fourth-order valence-corrected chi connectivity index (χ4v) is 4.63. The van der Waals surface area contributed by atoms with E-state index in [0.29, 0.717) is 58.8 Å². The van der Waals surface area contributed by atoms with Crippen LogP contribution in [-0.4, -0.2) is 153 Å². The molecular weight excluding hydrogens is 524 g/mol. The van der Waals surface area contributed by atoms with Crippen LogP contribution in [0.2, 0.25) is 0 Å². The number of nitrogens with zero attached hydrogens (tertiary/aromatic N) is 4. The Morgan fingerprint density at radius 1 is 0.750 bits per heavy atom. The summed E-state index contributed by atoms with van der Waals surface area (Å²) >= 11 is 0. The second-order valence-corrected chi connectivity index (χ2v) is 9.63. The average Bonchev–Trinajstić information content (AvgIpc) is 2.91. The van der Waals surface area contributed by atoms with E-state index in [2.05, 4.69) is 0 Å². The highest BCUT2D eigenvalue weighted by Crippen LogP contribution is 2.17. The maximum absolute atomic E-state index is 12.4. The summed E-state index contributed by atoms with van der Waals surface area (Å²) in [4.78, 5) is 55.1. The molecule has 40 heavy (non-hydrogen) atoms. The van der Waals surface area contributed by atoms with Gasteiger partial charge >= 0.3 is 23.9 Å². The molecule has 1 aromatic carbocycles. The van der Waals surface area contributed by atoms with Crippen molar-refractivity contribution in [2.45, 2.75) is 19.4 Å². The van der Waals surface area contributed by atoms with Crippen molar-refractivity contribution in [1.82, 2.24) is 19.6 Å². The van der Waals surface area contributed by atoms with E-state index in [-0.39, 0.29) is 32.2 Å². The lowest BCUT2D eigenvalue weighted by Crippen LogP contribution is -2.53. The number of hydrogen-bond donors (Lipinski definition) is 2. The van der Waals surface area contributed by atoms with Gasteiger partial charge < -0.3 is 24.4 Å². The van der Waals surface area contributed by atoms with Crippen molar-refractivity contribution in [1.29, 1.82) is 0 Å². The molecule has 1 aromatic rings. The fraction of sp³-hybridized carbons (Fsp3) is 0.630. The number of aliphatic carboxylic acids is 2. The van der Waals surface area contributed by atoms with Gasteiger partial charge in [-0.1, -0.05) is 12.1 Å². The highest BCUT2D eigenvalue weighted by molar-refractivity contribution is 5.72. The highest BCUT2D eigenvalue weighted by Gasteiger charge is 2.28. The van der Waals surface area contributed by atoms with Crippen molar-refractivity contribution in [3.05, 3.63) is 29.8 Å². The SMILES string of the molecule is CCOc1ccc(C[C@H]2CN(CC(=O)OC)CCN(CC(=O)O)CCN(CC(=O)O)CCN2CC(=O)OC)cc1. The number of ether oxygens (including phenoxy) is 3. The van der Waals surface area contributed by atoms with Gasteiger partial charge in [-0.2, -0.15) is 0 Å². The van der Waals surface area contributed by atoms with E-state index in [1.165, 1.54) is 14.2 Å². The van der Waals surface area contributed by atoms with Gasteiger partial charge in [0.25, 0.3) is 0 Å². The quantitative estimate of drug-likeness (QED) is 0.320. The Bertz CT molecular complexity index is 960. The maximum atomic E-state index is 12.4. The summed E-state index contributed by atoms with van der Waals surface area (Å²) < 4.78 is 15.4. The zero-order chi connectivity index (χ0) is 29.5. The van der Waals surface area contributed by atoms with Gasteiger partial charge in [-0.3, -0.25) is 38.8 Å². The molecule has 2 N–H and O–H groups in total. The standard InChI is InChI=1S/C27H42N4O9/c1-4-40-23-7-5-21(6-8-23)15-22-16-30(19-26(36)38-2)12-11-28(17-24(32)33)9-10-29(18-25(34)35)13-14-31(22)20-27(37)39-3/h5-8,22H,4,9-20H2,1-3H3,(H,32,33)(H,34,35)/t22-/m0/s1. The van der Waals surface area contributed by atoms with Crippen LogP contribution in [-0.2, 0) is 35.1 Å². The Hall–Kier alpha value is -3.26. The summed E-state index contributed by atoms with van der Waals surface area (Å²) in [6.45, 7) is 4.43. The number of carbonyl (C=O) groups is 4. The van der Waals surface area contributed by atoms with E-state index in [4.69, 9.17) is 14.2 Å². The molecule has 0 bridgehead atoms. The van der Waals surface area contributed by atoms with Crippen LogP contribution in [0.3, 0.4) is 0 Å². The summed E-state index contributed by atoms with van der Waals surface area (Å²) in [5.41, 5.74) is 0.989. The van der Waals surface area contributed by atoms with Gasteiger partial charge in [0.2, 0.25) is 0 Å². The minimum Gasteiger partial charge on any atom is -0.494 e. The van der Waals surface area contributed by atoms with Crippen LogP contribution in [0, 0.1) is 0 Å². The average molecular weight is 567 g/mol. The van der Waals surface area contributed by atoms with Crippen LogP contribution < -0.4 is 4.74 Å². The van der Waals surface area contributed by atoms with E-state index in [1.54, 1.807) is 9.80 Å². The number of hydrogen-bond acceptors (Lipinski definition) is 11. The molecule has 0 amide bonds. The second kappa shape index (κ2) is 17.4. The molecule has 1 fully saturated rings. The molecule has 13 heteroatoms. The summed E-state index contributed by atoms with van der Waals surface area (Å²) in [5, 5.41) is 18.9. The predicted molar refractivity (Wildman–Crippen MR) is 145 cm³/mol. The zero-order valence-electron chi connectivity index (χ0n) is 23.6. The van der Waals surface area contributed by atoms with Gasteiger partial charge in [0.15, 0.2) is 0 Å². The summed E-state index contributed by atoms with van der Waals surface area (Å²) in [6, 6.07) is 7.40. The van der Waals surface area contributed by atoms with E-state index in [0.717, 1.165) is 11.3 Å². The Morgan fingerprint density at radius 2 is 1.25 bits per heavy atom. The molecule has 0 spiro atoms. The number of carboxylic acid groups (broad SMARTS) is 2. The summed E-state index contributed by atoms with van der Waals surface area (Å²) in [6.07, 6.45) is 0.527. The van der Waals surface area contributed by atoms with Crippen LogP contribution in [0.1, 0.15) is 12.5 Å². The first-order chi connectivity index (χ1) is 19.1. The number of carboxylic acids is 2. The minimum absolute atomic E-state index is 0.00556. The fourth-order valence-electron chi connectivity index (χ4n) is 4.63. The Labute approximate surface area is 235 Å². The van der Waals surface area contributed by atoms with E-state index < -0.39 is 23.9 Å². The molecule has 1 atom stereocenters. The third-order valence-corrected chi connectivity index (χ3v) is 6.72. The second-order valence-electron chi connectivity index (χ2n) is 9.63. The molecule has 0 radical (unpaired) electrons. The van der Waals surface area contributed by atoms with Crippen LogP contribution in [0.5, 0.6) is 5.75 Å². The predicted octanol–water partition coefficient (Wildman–Crippen LogP) is -0.267. The Balaban J connectivity index is 2.43. The van der Waals surface area contributed by atoms with Crippen molar-refractivity contribution < 1.29 is 43.6 Å². The number of carbonyl (C=O) groups excluding carboxylic acids is 2. The van der Waals surface area contributed by atoms with Crippen molar-refractivity contribution in [3.8, 4) is 5.75 Å². The third kappa shape index (κ3) is 12.3. The molecule has 2 rings (SSSR count). The van der Waals surface area contributed by atoms with Gasteiger partial charge in [0, 0.05) is 51.9 Å². The van der Waals surface area contributed by atoms with Crippen molar-refractivity contribution in [2.24, 2.45) is 0 Å². The zero-order valence-corrected chi connectivity index (χ0v) is 23.6. The van der Waals surface area contributed by atoms with Crippen LogP contribution >= 0.6 is 0 Å². The normalized spacial score (nSPS) is 18.7. The van der Waals surface area contributed by atoms with Gasteiger partial charge in [-0.15, -0.1) is 0 Å². The molecular formula is C27H42N4O9. The Kier molecular flexibility index (Phi) is 14.4. The lowest BCUT2D eigenvalue weighted by atomic mass is 10.0. The third-order valence-electron chi connectivity index (χ3n) is 6.72. The van der Waals surface area contributed by atoms with Crippen LogP contribution in [0.4, 0.5) is 0 Å². The van der Waals surface area contributed by atoms with Gasteiger partial charge in [-0.25, -0.2) is 0 Å². The van der Waals surface area contributed by atoms with Crippen molar-refractivity contribution in [3.63, 3.8) is 0 Å². The molecule has 1 aliphatic rings. The minimum atomic E-state index is -0.994. The molecule has 0 saturated carbocycles. The van der Waals surface area contributed by atoms with E-state index in [9.17, 15) is 29.4 Å².